The fourth-order valence-corrected chi connectivity index (χ4v) is 4.62. The van der Waals surface area contributed by atoms with Crippen LogP contribution in [0.5, 0.6) is 0 Å². The molecule has 180 valence electrons. The summed E-state index contributed by atoms with van der Waals surface area (Å²) in [6, 6.07) is 12.0. The van der Waals surface area contributed by atoms with E-state index in [1.54, 1.807) is 12.1 Å². The molecule has 0 fully saturated rings. The van der Waals surface area contributed by atoms with Crippen LogP contribution in [0.2, 0.25) is 10.0 Å². The Kier molecular flexibility index (Phi) is 8.99. The van der Waals surface area contributed by atoms with Crippen molar-refractivity contribution in [2.75, 3.05) is 11.1 Å². The van der Waals surface area contributed by atoms with Gasteiger partial charge in [0.2, 0.25) is 5.91 Å². The zero-order valence-electron chi connectivity index (χ0n) is 19.4. The summed E-state index contributed by atoms with van der Waals surface area (Å²) in [5.41, 5.74) is 2.21. The third-order valence-corrected chi connectivity index (χ3v) is 6.65. The monoisotopic (exact) mass is 519 g/mol. The molecule has 34 heavy (non-hydrogen) atoms. The highest BCUT2D eigenvalue weighted by Crippen LogP contribution is 2.27. The molecule has 0 saturated carbocycles. The predicted octanol–water partition coefficient (Wildman–Crippen LogP) is 5.77. The number of thioether (sulfide) groups is 1. The Morgan fingerprint density at radius 3 is 2.41 bits per heavy atom. The summed E-state index contributed by atoms with van der Waals surface area (Å²) in [7, 11) is 0. The van der Waals surface area contributed by atoms with Gasteiger partial charge < -0.3 is 15.2 Å². The topological polar surface area (TPSA) is 88.9 Å². The average molecular weight is 520 g/mol. The third-order valence-electron chi connectivity index (χ3n) is 5.14. The summed E-state index contributed by atoms with van der Waals surface area (Å²) in [4.78, 5) is 25.3. The van der Waals surface area contributed by atoms with Gasteiger partial charge in [-0.1, -0.05) is 66.5 Å². The molecule has 1 heterocycles. The van der Waals surface area contributed by atoms with E-state index in [0.717, 1.165) is 11.3 Å². The number of halogens is 2. The van der Waals surface area contributed by atoms with Crippen molar-refractivity contribution in [2.45, 2.75) is 45.4 Å². The van der Waals surface area contributed by atoms with Crippen LogP contribution in [0.4, 0.5) is 5.69 Å². The lowest BCUT2D eigenvalue weighted by Gasteiger charge is -2.22. The number of carbonyl (C=O) groups is 2. The molecule has 0 radical (unpaired) electrons. The lowest BCUT2D eigenvalue weighted by molar-refractivity contribution is -0.113. The molecule has 0 aliphatic heterocycles. The van der Waals surface area contributed by atoms with Gasteiger partial charge >= 0.3 is 0 Å². The van der Waals surface area contributed by atoms with Crippen LogP contribution in [-0.4, -0.2) is 32.3 Å². The zero-order valence-corrected chi connectivity index (χ0v) is 21.8. The first kappa shape index (κ1) is 26.1. The van der Waals surface area contributed by atoms with Crippen molar-refractivity contribution in [1.82, 2.24) is 20.1 Å². The minimum atomic E-state index is -0.401. The Labute approximate surface area is 213 Å². The number of rotatable bonds is 9. The first-order valence-electron chi connectivity index (χ1n) is 10.9. The van der Waals surface area contributed by atoms with Crippen molar-refractivity contribution < 1.29 is 9.59 Å². The fraction of sp³-hybridized carbons (Fsp3) is 0.333. The van der Waals surface area contributed by atoms with E-state index in [1.807, 2.05) is 56.5 Å². The SMILES string of the molecule is CCn1c(SCC(=O)Nc2ccc(C)cc2)nnc1[C@@H](NC(=O)c1ccc(Cl)cc1Cl)C(C)C. The molecule has 0 saturated heterocycles. The third kappa shape index (κ3) is 6.52. The maximum Gasteiger partial charge on any atom is 0.253 e. The number of carbonyl (C=O) groups excluding carboxylic acids is 2. The summed E-state index contributed by atoms with van der Waals surface area (Å²) < 4.78 is 1.91. The number of benzene rings is 2. The van der Waals surface area contributed by atoms with E-state index >= 15 is 0 Å². The average Bonchev–Trinajstić information content (AvgIpc) is 3.19. The molecule has 2 N–H and O–H groups in total. The van der Waals surface area contributed by atoms with Crippen LogP contribution in [0.15, 0.2) is 47.6 Å². The Bertz CT molecular complexity index is 1160. The molecule has 0 bridgehead atoms. The number of aryl methyl sites for hydroxylation is 1. The molecular weight excluding hydrogens is 493 g/mol. The maximum absolute atomic E-state index is 12.9. The van der Waals surface area contributed by atoms with Gasteiger partial charge in [0, 0.05) is 17.3 Å². The number of nitrogens with one attached hydrogen (secondary N) is 2. The Hall–Kier alpha value is -2.55. The molecule has 2 aromatic carbocycles. The van der Waals surface area contributed by atoms with Crippen LogP contribution in [0.1, 0.15) is 48.6 Å². The second kappa shape index (κ2) is 11.7. The molecule has 10 heteroatoms. The zero-order chi connectivity index (χ0) is 24.8. The molecule has 1 aromatic heterocycles. The summed E-state index contributed by atoms with van der Waals surface area (Å²) in [6.07, 6.45) is 0. The number of hydrogen-bond donors (Lipinski definition) is 2. The fourth-order valence-electron chi connectivity index (χ4n) is 3.32. The first-order valence-corrected chi connectivity index (χ1v) is 12.6. The van der Waals surface area contributed by atoms with Gasteiger partial charge in [0.05, 0.1) is 22.4 Å². The van der Waals surface area contributed by atoms with E-state index in [0.29, 0.717) is 28.1 Å². The molecule has 2 amide bonds. The van der Waals surface area contributed by atoms with Gasteiger partial charge in [-0.25, -0.2) is 0 Å². The van der Waals surface area contributed by atoms with E-state index in [4.69, 9.17) is 23.2 Å². The second-order valence-electron chi connectivity index (χ2n) is 8.11. The van der Waals surface area contributed by atoms with Crippen molar-refractivity contribution in [2.24, 2.45) is 5.92 Å². The largest absolute Gasteiger partial charge is 0.342 e. The van der Waals surface area contributed by atoms with Gasteiger partial charge in [-0.3, -0.25) is 9.59 Å². The maximum atomic E-state index is 12.9. The first-order chi connectivity index (χ1) is 16.2. The van der Waals surface area contributed by atoms with Gasteiger partial charge in [0.25, 0.3) is 5.91 Å². The Balaban J connectivity index is 1.72. The standard InChI is InChI=1S/C24H27Cl2N5O2S/c1-5-31-22(21(14(2)3)28-23(33)18-11-8-16(25)12-19(18)26)29-30-24(31)34-13-20(32)27-17-9-6-15(4)7-10-17/h6-12,14,21H,5,13H2,1-4H3,(H,27,32)(H,28,33)/t21-/m0/s1. The molecule has 0 aliphatic carbocycles. The highest BCUT2D eigenvalue weighted by Gasteiger charge is 2.27. The van der Waals surface area contributed by atoms with Gasteiger partial charge in [0.15, 0.2) is 11.0 Å². The highest BCUT2D eigenvalue weighted by atomic mass is 35.5. The van der Waals surface area contributed by atoms with E-state index in [1.165, 1.54) is 17.8 Å². The van der Waals surface area contributed by atoms with Crippen LogP contribution in [0.3, 0.4) is 0 Å². The van der Waals surface area contributed by atoms with E-state index in [2.05, 4.69) is 20.8 Å². The van der Waals surface area contributed by atoms with Crippen LogP contribution in [-0.2, 0) is 11.3 Å². The van der Waals surface area contributed by atoms with Crippen molar-refractivity contribution in [3.8, 4) is 0 Å². The molecular formula is C24H27Cl2N5O2S. The van der Waals surface area contributed by atoms with Gasteiger partial charge in [-0.2, -0.15) is 0 Å². The van der Waals surface area contributed by atoms with Crippen molar-refractivity contribution >= 4 is 52.5 Å². The molecule has 0 spiro atoms. The normalized spacial score (nSPS) is 12.0. The van der Waals surface area contributed by atoms with Crippen LogP contribution in [0.25, 0.3) is 0 Å². The van der Waals surface area contributed by atoms with Crippen LogP contribution < -0.4 is 10.6 Å². The van der Waals surface area contributed by atoms with Gasteiger partial charge in [-0.05, 0) is 50.1 Å². The van der Waals surface area contributed by atoms with Crippen molar-refractivity contribution in [1.29, 1.82) is 0 Å². The van der Waals surface area contributed by atoms with Crippen LogP contribution in [0, 0.1) is 12.8 Å². The lowest BCUT2D eigenvalue weighted by atomic mass is 10.0. The number of hydrogen-bond acceptors (Lipinski definition) is 5. The van der Waals surface area contributed by atoms with Crippen molar-refractivity contribution in [3.63, 3.8) is 0 Å². The van der Waals surface area contributed by atoms with Gasteiger partial charge in [-0.15, -0.1) is 10.2 Å². The molecule has 3 aromatic rings. The Morgan fingerprint density at radius 1 is 1.09 bits per heavy atom. The minimum absolute atomic E-state index is 0.0345. The summed E-state index contributed by atoms with van der Waals surface area (Å²) in [5.74, 6) is 0.389. The van der Waals surface area contributed by atoms with E-state index in [9.17, 15) is 9.59 Å². The smallest absolute Gasteiger partial charge is 0.253 e. The van der Waals surface area contributed by atoms with E-state index in [-0.39, 0.29) is 28.5 Å². The number of anilines is 1. The number of nitrogens with zero attached hydrogens (tertiary/aromatic N) is 3. The number of aromatic nitrogens is 3. The Morgan fingerprint density at radius 2 is 1.79 bits per heavy atom. The molecule has 0 unspecified atom stereocenters. The number of amides is 2. The highest BCUT2D eigenvalue weighted by molar-refractivity contribution is 7.99. The summed E-state index contributed by atoms with van der Waals surface area (Å²) in [5, 5.41) is 15.9. The van der Waals surface area contributed by atoms with E-state index < -0.39 is 6.04 Å². The predicted molar refractivity (Wildman–Crippen MR) is 138 cm³/mol. The molecule has 3 rings (SSSR count). The second-order valence-corrected chi connectivity index (χ2v) is 9.89. The van der Waals surface area contributed by atoms with Crippen molar-refractivity contribution in [3.05, 3.63) is 69.5 Å². The van der Waals surface area contributed by atoms with Crippen LogP contribution >= 0.6 is 35.0 Å². The molecule has 1 atom stereocenters. The molecule has 7 nitrogen and oxygen atoms in total. The molecule has 0 aliphatic rings. The minimum Gasteiger partial charge on any atom is -0.342 e. The summed E-state index contributed by atoms with van der Waals surface area (Å²) >= 11 is 13.5. The quantitative estimate of drug-likeness (QED) is 0.350. The van der Waals surface area contributed by atoms with Gasteiger partial charge in [0.1, 0.15) is 0 Å². The summed E-state index contributed by atoms with van der Waals surface area (Å²) in [6.45, 7) is 8.53. The lowest BCUT2D eigenvalue weighted by Crippen LogP contribution is -2.34.